The van der Waals surface area contributed by atoms with Crippen LogP contribution in [0, 0.1) is 0 Å². The highest BCUT2D eigenvalue weighted by atomic mass is 16.7. The Morgan fingerprint density at radius 3 is 2.18 bits per heavy atom. The monoisotopic (exact) mass is 383 g/mol. The standard InChI is InChI=1S/C24H33NO3/c1-3-27-24(28-4-2)14-9-19-25-23(26)13-8-10-20-15-17-22(18-16-20)21-11-6-5-7-12-21/h5-7,11-12,15-18,24H,3-4,8-10,13-14,19H2,1-2H3,(H,25,26). The van der Waals surface area contributed by atoms with Gasteiger partial charge in [-0.3, -0.25) is 4.79 Å². The molecule has 0 unspecified atom stereocenters. The fourth-order valence-electron chi connectivity index (χ4n) is 3.12. The van der Waals surface area contributed by atoms with E-state index >= 15 is 0 Å². The molecular weight excluding hydrogens is 350 g/mol. The summed E-state index contributed by atoms with van der Waals surface area (Å²) in [6, 6.07) is 19.0. The molecule has 2 aromatic rings. The van der Waals surface area contributed by atoms with Gasteiger partial charge in [0, 0.05) is 32.6 Å². The van der Waals surface area contributed by atoms with Crippen LogP contribution in [0.4, 0.5) is 0 Å². The Balaban J connectivity index is 1.61. The Morgan fingerprint density at radius 1 is 0.893 bits per heavy atom. The zero-order valence-electron chi connectivity index (χ0n) is 17.2. The summed E-state index contributed by atoms with van der Waals surface area (Å²) in [5, 5.41) is 2.99. The van der Waals surface area contributed by atoms with E-state index in [1.807, 2.05) is 19.9 Å². The summed E-state index contributed by atoms with van der Waals surface area (Å²) in [7, 11) is 0. The van der Waals surface area contributed by atoms with Gasteiger partial charge in [0.1, 0.15) is 0 Å². The molecule has 4 heteroatoms. The van der Waals surface area contributed by atoms with Crippen LogP contribution in [-0.4, -0.2) is 32.0 Å². The quantitative estimate of drug-likeness (QED) is 0.392. The molecule has 0 bridgehead atoms. The highest BCUT2D eigenvalue weighted by molar-refractivity contribution is 5.75. The number of ether oxygens (including phenoxy) is 2. The van der Waals surface area contributed by atoms with Crippen LogP contribution < -0.4 is 5.32 Å². The zero-order chi connectivity index (χ0) is 20.0. The van der Waals surface area contributed by atoms with Gasteiger partial charge in [-0.05, 0) is 49.8 Å². The van der Waals surface area contributed by atoms with Crippen molar-refractivity contribution in [2.75, 3.05) is 19.8 Å². The number of nitrogens with one attached hydrogen (secondary N) is 1. The second-order valence-corrected chi connectivity index (χ2v) is 6.75. The molecular formula is C24H33NO3. The van der Waals surface area contributed by atoms with Crippen LogP contribution in [0.5, 0.6) is 0 Å². The third-order valence-corrected chi connectivity index (χ3v) is 4.57. The first-order valence-electron chi connectivity index (χ1n) is 10.4. The van der Waals surface area contributed by atoms with Crippen molar-refractivity contribution in [3.63, 3.8) is 0 Å². The number of aryl methyl sites for hydroxylation is 1. The van der Waals surface area contributed by atoms with Gasteiger partial charge in [0.05, 0.1) is 0 Å². The van der Waals surface area contributed by atoms with Crippen LogP contribution in [0.2, 0.25) is 0 Å². The van der Waals surface area contributed by atoms with Gasteiger partial charge in [-0.25, -0.2) is 0 Å². The lowest BCUT2D eigenvalue weighted by molar-refractivity contribution is -0.140. The van der Waals surface area contributed by atoms with E-state index in [2.05, 4.69) is 53.8 Å². The molecule has 0 heterocycles. The number of carbonyl (C=O) groups is 1. The van der Waals surface area contributed by atoms with Gasteiger partial charge in [-0.1, -0.05) is 54.6 Å². The lowest BCUT2D eigenvalue weighted by Gasteiger charge is -2.16. The molecule has 1 amide bonds. The largest absolute Gasteiger partial charge is 0.356 e. The first-order chi connectivity index (χ1) is 13.7. The van der Waals surface area contributed by atoms with Crippen LogP contribution in [0.3, 0.4) is 0 Å². The van der Waals surface area contributed by atoms with Crippen molar-refractivity contribution in [3.05, 3.63) is 60.2 Å². The third-order valence-electron chi connectivity index (χ3n) is 4.57. The first-order valence-corrected chi connectivity index (χ1v) is 10.4. The summed E-state index contributed by atoms with van der Waals surface area (Å²) in [4.78, 5) is 12.0. The molecule has 2 aromatic carbocycles. The Morgan fingerprint density at radius 2 is 1.54 bits per heavy atom. The number of carbonyl (C=O) groups excluding carboxylic acids is 1. The summed E-state index contributed by atoms with van der Waals surface area (Å²) in [5.74, 6) is 0.116. The number of benzene rings is 2. The highest BCUT2D eigenvalue weighted by Crippen LogP contribution is 2.19. The van der Waals surface area contributed by atoms with E-state index in [4.69, 9.17) is 9.47 Å². The molecule has 2 rings (SSSR count). The molecule has 0 spiro atoms. The van der Waals surface area contributed by atoms with Gasteiger partial charge in [0.15, 0.2) is 6.29 Å². The van der Waals surface area contributed by atoms with Crippen LogP contribution in [-0.2, 0) is 20.7 Å². The summed E-state index contributed by atoms with van der Waals surface area (Å²) in [5.41, 5.74) is 3.72. The van der Waals surface area contributed by atoms with Crippen molar-refractivity contribution in [1.82, 2.24) is 5.32 Å². The molecule has 0 saturated heterocycles. The maximum absolute atomic E-state index is 12.0. The minimum Gasteiger partial charge on any atom is -0.356 e. The van der Waals surface area contributed by atoms with Crippen molar-refractivity contribution in [1.29, 1.82) is 0 Å². The smallest absolute Gasteiger partial charge is 0.220 e. The van der Waals surface area contributed by atoms with Crippen molar-refractivity contribution < 1.29 is 14.3 Å². The maximum atomic E-state index is 12.0. The van der Waals surface area contributed by atoms with Gasteiger partial charge >= 0.3 is 0 Å². The Bertz CT molecular complexity index is 664. The predicted octanol–water partition coefficient (Wildman–Crippen LogP) is 4.97. The summed E-state index contributed by atoms with van der Waals surface area (Å²) in [6.45, 7) is 5.87. The lowest BCUT2D eigenvalue weighted by Crippen LogP contribution is -2.26. The molecule has 0 radical (unpaired) electrons. The van der Waals surface area contributed by atoms with Crippen LogP contribution in [0.1, 0.15) is 45.1 Å². The summed E-state index contributed by atoms with van der Waals surface area (Å²) in [6.07, 6.45) is 3.83. The fraction of sp³-hybridized carbons (Fsp3) is 0.458. The Labute approximate surface area is 169 Å². The third kappa shape index (κ3) is 8.24. The SMILES string of the molecule is CCOC(CCCNC(=O)CCCc1ccc(-c2ccccc2)cc1)OCC. The minimum atomic E-state index is -0.161. The van der Waals surface area contributed by atoms with Gasteiger partial charge in [-0.2, -0.15) is 0 Å². The molecule has 0 aliphatic rings. The summed E-state index contributed by atoms with van der Waals surface area (Å²) < 4.78 is 11.0. The van der Waals surface area contributed by atoms with E-state index in [1.165, 1.54) is 16.7 Å². The van der Waals surface area contributed by atoms with Crippen molar-refractivity contribution in [2.45, 2.75) is 52.2 Å². The molecule has 0 aromatic heterocycles. The number of hydrogen-bond donors (Lipinski definition) is 1. The van der Waals surface area contributed by atoms with Crippen LogP contribution >= 0.6 is 0 Å². The number of amides is 1. The van der Waals surface area contributed by atoms with Gasteiger partial charge in [0.25, 0.3) is 0 Å². The van der Waals surface area contributed by atoms with E-state index in [-0.39, 0.29) is 12.2 Å². The van der Waals surface area contributed by atoms with E-state index in [0.29, 0.717) is 26.2 Å². The van der Waals surface area contributed by atoms with E-state index in [9.17, 15) is 4.79 Å². The molecule has 1 N–H and O–H groups in total. The van der Waals surface area contributed by atoms with E-state index in [0.717, 1.165) is 25.7 Å². The molecule has 0 atom stereocenters. The van der Waals surface area contributed by atoms with Crippen molar-refractivity contribution >= 4 is 5.91 Å². The van der Waals surface area contributed by atoms with Crippen LogP contribution in [0.15, 0.2) is 54.6 Å². The maximum Gasteiger partial charge on any atom is 0.220 e. The predicted molar refractivity (Wildman–Crippen MR) is 114 cm³/mol. The van der Waals surface area contributed by atoms with Crippen LogP contribution in [0.25, 0.3) is 11.1 Å². The number of rotatable bonds is 13. The molecule has 0 aliphatic heterocycles. The van der Waals surface area contributed by atoms with E-state index < -0.39 is 0 Å². The molecule has 0 aliphatic carbocycles. The second kappa shape index (κ2) is 13.1. The lowest BCUT2D eigenvalue weighted by atomic mass is 10.0. The fourth-order valence-corrected chi connectivity index (χ4v) is 3.12. The minimum absolute atomic E-state index is 0.116. The normalized spacial score (nSPS) is 11.0. The van der Waals surface area contributed by atoms with Gasteiger partial charge in [0.2, 0.25) is 5.91 Å². The topological polar surface area (TPSA) is 47.6 Å². The molecule has 0 saturated carbocycles. The average molecular weight is 384 g/mol. The Hall–Kier alpha value is -2.17. The number of hydrogen-bond acceptors (Lipinski definition) is 3. The van der Waals surface area contributed by atoms with E-state index in [1.54, 1.807) is 0 Å². The molecule has 0 fully saturated rings. The van der Waals surface area contributed by atoms with Gasteiger partial charge < -0.3 is 14.8 Å². The zero-order valence-corrected chi connectivity index (χ0v) is 17.2. The summed E-state index contributed by atoms with van der Waals surface area (Å²) >= 11 is 0. The Kier molecular flexibility index (Phi) is 10.3. The van der Waals surface area contributed by atoms with Crippen molar-refractivity contribution in [2.24, 2.45) is 0 Å². The molecule has 4 nitrogen and oxygen atoms in total. The molecule has 152 valence electrons. The van der Waals surface area contributed by atoms with Crippen molar-refractivity contribution in [3.8, 4) is 11.1 Å². The highest BCUT2D eigenvalue weighted by Gasteiger charge is 2.08. The van der Waals surface area contributed by atoms with Gasteiger partial charge in [-0.15, -0.1) is 0 Å². The molecule has 28 heavy (non-hydrogen) atoms. The first kappa shape index (κ1) is 22.1. The average Bonchev–Trinajstić information content (AvgIpc) is 2.72. The second-order valence-electron chi connectivity index (χ2n) is 6.75.